The van der Waals surface area contributed by atoms with Gasteiger partial charge in [-0.25, -0.2) is 17.8 Å². The van der Waals surface area contributed by atoms with Crippen molar-refractivity contribution in [3.63, 3.8) is 0 Å². The first-order valence-corrected chi connectivity index (χ1v) is 5.94. The van der Waals surface area contributed by atoms with Crippen molar-refractivity contribution in [2.75, 3.05) is 14.1 Å². The molecule has 1 rings (SSSR count). The van der Waals surface area contributed by atoms with E-state index in [9.17, 15) is 12.8 Å². The van der Waals surface area contributed by atoms with Crippen LogP contribution in [0.15, 0.2) is 23.1 Å². The molecule has 0 saturated carbocycles. The average Bonchev–Trinajstić information content (AvgIpc) is 2.16. The van der Waals surface area contributed by atoms with Gasteiger partial charge in [0.05, 0.1) is 6.61 Å². The number of rotatable bonds is 4. The first-order chi connectivity index (χ1) is 7.36. The van der Waals surface area contributed by atoms with E-state index in [1.807, 2.05) is 0 Å². The van der Waals surface area contributed by atoms with Crippen LogP contribution in [0.4, 0.5) is 4.39 Å². The van der Waals surface area contributed by atoms with E-state index in [0.29, 0.717) is 5.56 Å². The molecule has 0 aromatic heterocycles. The van der Waals surface area contributed by atoms with E-state index in [2.05, 4.69) is 4.83 Å². The van der Waals surface area contributed by atoms with Gasteiger partial charge in [-0.1, -0.05) is 6.07 Å². The molecule has 1 aromatic rings. The van der Waals surface area contributed by atoms with E-state index in [1.165, 1.54) is 25.2 Å². The minimum absolute atomic E-state index is 0.334. The summed E-state index contributed by atoms with van der Waals surface area (Å²) >= 11 is 0. The molecule has 0 aliphatic rings. The van der Waals surface area contributed by atoms with E-state index in [0.717, 1.165) is 12.1 Å². The molecule has 0 aliphatic carbocycles. The lowest BCUT2D eigenvalue weighted by atomic mass is 10.2. The van der Waals surface area contributed by atoms with Gasteiger partial charge >= 0.3 is 0 Å². The summed E-state index contributed by atoms with van der Waals surface area (Å²) in [6.07, 6.45) is 0. The van der Waals surface area contributed by atoms with Crippen LogP contribution in [0.5, 0.6) is 0 Å². The highest BCUT2D eigenvalue weighted by Gasteiger charge is 2.19. The van der Waals surface area contributed by atoms with Gasteiger partial charge in [-0.05, 0) is 17.7 Å². The van der Waals surface area contributed by atoms with Crippen molar-refractivity contribution in [2.24, 2.45) is 0 Å². The molecule has 16 heavy (non-hydrogen) atoms. The fraction of sp³-hybridized carbons (Fsp3) is 0.333. The molecule has 0 aliphatic heterocycles. The number of halogens is 1. The summed E-state index contributed by atoms with van der Waals surface area (Å²) < 4.78 is 36.6. The molecule has 0 fully saturated rings. The third-order valence-corrected chi connectivity index (χ3v) is 3.27. The molecule has 2 N–H and O–H groups in total. The second-order valence-electron chi connectivity index (χ2n) is 3.41. The zero-order valence-corrected chi connectivity index (χ0v) is 9.75. The molecule has 0 atom stereocenters. The van der Waals surface area contributed by atoms with E-state index >= 15 is 0 Å². The predicted octanol–water partition coefficient (Wildman–Crippen LogP) is 0.0729. The number of nitrogens with zero attached hydrogens (tertiary/aromatic N) is 1. The number of sulfonamides is 1. The summed E-state index contributed by atoms with van der Waals surface area (Å²) in [6.45, 7) is -0.342. The van der Waals surface area contributed by atoms with Crippen molar-refractivity contribution in [1.82, 2.24) is 9.84 Å². The third kappa shape index (κ3) is 2.99. The Labute approximate surface area is 93.5 Å². The van der Waals surface area contributed by atoms with Crippen LogP contribution in [0.3, 0.4) is 0 Å². The highest BCUT2D eigenvalue weighted by atomic mass is 32.2. The SMILES string of the molecule is CN(C)NS(=O)(=O)c1cc(CO)ccc1F. The lowest BCUT2D eigenvalue weighted by Crippen LogP contribution is -2.36. The Morgan fingerprint density at radius 2 is 2.06 bits per heavy atom. The van der Waals surface area contributed by atoms with Gasteiger partial charge in [0.1, 0.15) is 10.7 Å². The molecule has 90 valence electrons. The van der Waals surface area contributed by atoms with Crippen LogP contribution in [-0.2, 0) is 16.6 Å². The minimum atomic E-state index is -3.93. The second kappa shape index (κ2) is 4.88. The molecular weight excluding hydrogens is 235 g/mol. The van der Waals surface area contributed by atoms with Crippen LogP contribution in [0, 0.1) is 5.82 Å². The standard InChI is InChI=1S/C9H13FN2O3S/c1-12(2)11-16(14,15)9-5-7(6-13)3-4-8(9)10/h3-5,11,13H,6H2,1-2H3. The van der Waals surface area contributed by atoms with Crippen LogP contribution < -0.4 is 4.83 Å². The Kier molecular flexibility index (Phi) is 3.98. The lowest BCUT2D eigenvalue weighted by Gasteiger charge is -2.13. The topological polar surface area (TPSA) is 69.6 Å². The molecule has 5 nitrogen and oxygen atoms in total. The lowest BCUT2D eigenvalue weighted by molar-refractivity contribution is 0.281. The fourth-order valence-corrected chi connectivity index (χ4v) is 2.35. The van der Waals surface area contributed by atoms with Gasteiger partial charge in [0.25, 0.3) is 10.0 Å². The smallest absolute Gasteiger partial charge is 0.256 e. The summed E-state index contributed by atoms with van der Waals surface area (Å²) in [4.78, 5) is 1.63. The molecular formula is C9H13FN2O3S. The Balaban J connectivity index is 3.21. The van der Waals surface area contributed by atoms with Crippen molar-refractivity contribution < 1.29 is 17.9 Å². The van der Waals surface area contributed by atoms with Crippen LogP contribution in [0.2, 0.25) is 0 Å². The molecule has 7 heteroatoms. The zero-order valence-electron chi connectivity index (χ0n) is 8.94. The van der Waals surface area contributed by atoms with Crippen LogP contribution in [-0.4, -0.2) is 32.6 Å². The number of aliphatic hydroxyl groups excluding tert-OH is 1. The second-order valence-corrected chi connectivity index (χ2v) is 5.04. The molecule has 0 spiro atoms. The van der Waals surface area contributed by atoms with E-state index in [1.54, 1.807) is 0 Å². The first kappa shape index (κ1) is 13.0. The van der Waals surface area contributed by atoms with Crippen LogP contribution in [0.25, 0.3) is 0 Å². The zero-order chi connectivity index (χ0) is 12.3. The molecule has 0 heterocycles. The van der Waals surface area contributed by atoms with Crippen molar-refractivity contribution in [3.05, 3.63) is 29.6 Å². The van der Waals surface area contributed by atoms with Crippen molar-refractivity contribution >= 4 is 10.0 Å². The Morgan fingerprint density at radius 1 is 1.44 bits per heavy atom. The summed E-state index contributed by atoms with van der Waals surface area (Å²) in [6, 6.07) is 3.43. The highest BCUT2D eigenvalue weighted by Crippen LogP contribution is 2.16. The van der Waals surface area contributed by atoms with Gasteiger partial charge in [0.2, 0.25) is 0 Å². The number of benzene rings is 1. The number of hydrazine groups is 1. The summed E-state index contributed by atoms with van der Waals surface area (Å²) in [5.41, 5.74) is 0.334. The molecule has 0 amide bonds. The third-order valence-electron chi connectivity index (χ3n) is 1.77. The number of hydrogen-bond donors (Lipinski definition) is 2. The van der Waals surface area contributed by atoms with E-state index in [-0.39, 0.29) is 6.61 Å². The van der Waals surface area contributed by atoms with Gasteiger partial charge in [0.15, 0.2) is 0 Å². The van der Waals surface area contributed by atoms with E-state index < -0.39 is 20.7 Å². The summed E-state index contributed by atoms with van der Waals surface area (Å²) in [5.74, 6) is -0.855. The summed E-state index contributed by atoms with van der Waals surface area (Å²) in [5, 5.41) is 10.0. The Morgan fingerprint density at radius 3 is 2.56 bits per heavy atom. The van der Waals surface area contributed by atoms with E-state index in [4.69, 9.17) is 5.11 Å². The number of nitrogens with one attached hydrogen (secondary N) is 1. The predicted molar refractivity (Wildman–Crippen MR) is 56.3 cm³/mol. The van der Waals surface area contributed by atoms with Gasteiger partial charge < -0.3 is 5.11 Å². The van der Waals surface area contributed by atoms with Crippen LogP contribution in [0.1, 0.15) is 5.56 Å². The number of aliphatic hydroxyl groups is 1. The molecule has 0 unspecified atom stereocenters. The van der Waals surface area contributed by atoms with Gasteiger partial charge in [-0.3, -0.25) is 0 Å². The normalized spacial score (nSPS) is 12.1. The highest BCUT2D eigenvalue weighted by molar-refractivity contribution is 7.89. The minimum Gasteiger partial charge on any atom is -0.392 e. The monoisotopic (exact) mass is 248 g/mol. The number of hydrogen-bond acceptors (Lipinski definition) is 4. The maximum absolute atomic E-state index is 13.3. The molecule has 0 radical (unpaired) electrons. The average molecular weight is 248 g/mol. The van der Waals surface area contributed by atoms with Crippen molar-refractivity contribution in [3.8, 4) is 0 Å². The van der Waals surface area contributed by atoms with Crippen molar-refractivity contribution in [2.45, 2.75) is 11.5 Å². The van der Waals surface area contributed by atoms with Gasteiger partial charge in [-0.15, -0.1) is 4.83 Å². The maximum atomic E-state index is 13.3. The van der Waals surface area contributed by atoms with Gasteiger partial charge in [-0.2, -0.15) is 0 Å². The van der Waals surface area contributed by atoms with Crippen LogP contribution >= 0.6 is 0 Å². The Hall–Kier alpha value is -1.02. The first-order valence-electron chi connectivity index (χ1n) is 4.46. The fourth-order valence-electron chi connectivity index (χ4n) is 1.14. The largest absolute Gasteiger partial charge is 0.392 e. The van der Waals surface area contributed by atoms with Gasteiger partial charge in [0, 0.05) is 14.1 Å². The van der Waals surface area contributed by atoms with Crippen molar-refractivity contribution in [1.29, 1.82) is 0 Å². The summed E-state index contributed by atoms with van der Waals surface area (Å²) in [7, 11) is -0.978. The maximum Gasteiger partial charge on any atom is 0.256 e. The molecule has 0 bridgehead atoms. The molecule has 1 aromatic carbocycles. The molecule has 0 saturated heterocycles. The quantitative estimate of drug-likeness (QED) is 0.740. The Bertz CT molecular complexity index is 474.